The second-order valence-corrected chi connectivity index (χ2v) is 7.70. The van der Waals surface area contributed by atoms with Crippen LogP contribution in [0.5, 0.6) is 0 Å². The number of benzene rings is 1. The lowest BCUT2D eigenvalue weighted by Crippen LogP contribution is -2.34. The summed E-state index contributed by atoms with van der Waals surface area (Å²) >= 11 is 2.84. The summed E-state index contributed by atoms with van der Waals surface area (Å²) in [4.78, 5) is 26.4. The maximum atomic E-state index is 12.0. The summed E-state index contributed by atoms with van der Waals surface area (Å²) in [5.74, 6) is -1.63. The van der Waals surface area contributed by atoms with Gasteiger partial charge in [0.05, 0.1) is 17.8 Å². The number of nitriles is 1. The third-order valence-corrected chi connectivity index (χ3v) is 5.75. The number of aliphatic hydroxyl groups is 1. The molecule has 0 radical (unpaired) electrons. The van der Waals surface area contributed by atoms with Crippen molar-refractivity contribution in [1.29, 1.82) is 5.26 Å². The van der Waals surface area contributed by atoms with Crippen molar-refractivity contribution in [3.63, 3.8) is 0 Å². The molecule has 3 N–H and O–H groups in total. The summed E-state index contributed by atoms with van der Waals surface area (Å²) in [7, 11) is 0. The molecule has 3 rings (SSSR count). The number of carbonyl (C=O) groups is 2. The average molecular weight is 397 g/mol. The second kappa shape index (κ2) is 8.60. The number of hydrogen-bond acceptors (Lipinski definition) is 6. The number of hydrogen-bond donors (Lipinski definition) is 3. The number of amides is 2. The highest BCUT2D eigenvalue weighted by atomic mass is 32.1. The predicted molar refractivity (Wildman–Crippen MR) is 104 cm³/mol. The van der Waals surface area contributed by atoms with Crippen LogP contribution in [0, 0.1) is 11.3 Å². The van der Waals surface area contributed by atoms with E-state index in [0.29, 0.717) is 0 Å². The van der Waals surface area contributed by atoms with Crippen molar-refractivity contribution in [3.8, 4) is 6.07 Å². The summed E-state index contributed by atoms with van der Waals surface area (Å²) in [6.07, 6.45) is -0.690. The fourth-order valence-corrected chi connectivity index (χ4v) is 4.10. The van der Waals surface area contributed by atoms with E-state index in [1.54, 1.807) is 36.4 Å². The zero-order chi connectivity index (χ0) is 19.2. The van der Waals surface area contributed by atoms with Gasteiger partial charge in [-0.3, -0.25) is 9.59 Å². The van der Waals surface area contributed by atoms with E-state index in [-0.39, 0.29) is 17.8 Å². The van der Waals surface area contributed by atoms with Crippen molar-refractivity contribution < 1.29 is 14.7 Å². The molecular formula is C19H15N3O3S2. The molecule has 0 aliphatic heterocycles. The van der Waals surface area contributed by atoms with Crippen LogP contribution in [0.4, 0.5) is 5.69 Å². The molecule has 0 bridgehead atoms. The first-order valence-electron chi connectivity index (χ1n) is 7.97. The summed E-state index contributed by atoms with van der Waals surface area (Å²) < 4.78 is 0. The topological polar surface area (TPSA) is 102 Å². The molecule has 2 heterocycles. The first kappa shape index (κ1) is 18.8. The van der Waals surface area contributed by atoms with Crippen LogP contribution in [0.2, 0.25) is 0 Å². The molecule has 0 saturated heterocycles. The molecule has 2 aromatic heterocycles. The third kappa shape index (κ3) is 4.60. The Labute approximate surface area is 163 Å². The van der Waals surface area contributed by atoms with Gasteiger partial charge in [0.2, 0.25) is 0 Å². The molecule has 2 amide bonds. The average Bonchev–Trinajstić information content (AvgIpc) is 3.38. The minimum Gasteiger partial charge on any atom is -0.382 e. The fraction of sp³-hybridized carbons (Fsp3) is 0.105. The van der Waals surface area contributed by atoms with E-state index < -0.39 is 17.9 Å². The van der Waals surface area contributed by atoms with Crippen LogP contribution in [0.25, 0.3) is 0 Å². The van der Waals surface area contributed by atoms with E-state index >= 15 is 0 Å². The molecule has 6 nitrogen and oxygen atoms in total. The molecule has 136 valence electrons. The SMILES string of the molecule is N#Cc1ccccc1NC(=O)C(=O)NCc1ccc([C@H](O)c2cccs2)s1. The van der Waals surface area contributed by atoms with Gasteiger partial charge in [-0.1, -0.05) is 18.2 Å². The van der Waals surface area contributed by atoms with Crippen LogP contribution < -0.4 is 10.6 Å². The van der Waals surface area contributed by atoms with Crippen LogP contribution in [-0.4, -0.2) is 16.9 Å². The van der Waals surface area contributed by atoms with Crippen LogP contribution in [0.15, 0.2) is 53.9 Å². The highest BCUT2D eigenvalue weighted by molar-refractivity contribution is 7.12. The molecule has 3 aromatic rings. The molecule has 0 unspecified atom stereocenters. The van der Waals surface area contributed by atoms with E-state index in [2.05, 4.69) is 10.6 Å². The molecule has 0 spiro atoms. The zero-order valence-corrected chi connectivity index (χ0v) is 15.6. The Morgan fingerprint density at radius 1 is 1.07 bits per heavy atom. The number of aliphatic hydroxyl groups excluding tert-OH is 1. The van der Waals surface area contributed by atoms with Crippen LogP contribution in [0.3, 0.4) is 0 Å². The van der Waals surface area contributed by atoms with E-state index in [4.69, 9.17) is 5.26 Å². The van der Waals surface area contributed by atoms with Crippen LogP contribution in [-0.2, 0) is 16.1 Å². The van der Waals surface area contributed by atoms with Gasteiger partial charge in [-0.25, -0.2) is 0 Å². The Hall–Kier alpha value is -2.99. The smallest absolute Gasteiger partial charge is 0.313 e. The number of thiophene rings is 2. The van der Waals surface area contributed by atoms with Crippen molar-refractivity contribution in [1.82, 2.24) is 5.32 Å². The quantitative estimate of drug-likeness (QED) is 0.576. The number of rotatable bonds is 5. The number of anilines is 1. The van der Waals surface area contributed by atoms with Gasteiger partial charge >= 0.3 is 11.8 Å². The highest BCUT2D eigenvalue weighted by Gasteiger charge is 2.17. The van der Waals surface area contributed by atoms with Crippen molar-refractivity contribution >= 4 is 40.2 Å². The first-order chi connectivity index (χ1) is 13.1. The summed E-state index contributed by atoms with van der Waals surface area (Å²) in [5.41, 5.74) is 0.571. The minimum absolute atomic E-state index is 0.175. The predicted octanol–water partition coefficient (Wildman–Crippen LogP) is 3.02. The molecule has 1 aromatic carbocycles. The first-order valence-corrected chi connectivity index (χ1v) is 9.66. The number of carbonyl (C=O) groups excluding carboxylic acids is 2. The van der Waals surface area contributed by atoms with Gasteiger partial charge in [0.15, 0.2) is 0 Å². The Kier molecular flexibility index (Phi) is 5.98. The number of para-hydroxylation sites is 1. The van der Waals surface area contributed by atoms with Crippen LogP contribution in [0.1, 0.15) is 26.3 Å². The van der Waals surface area contributed by atoms with Gasteiger partial charge in [-0.15, -0.1) is 22.7 Å². The van der Waals surface area contributed by atoms with Crippen molar-refractivity contribution in [2.75, 3.05) is 5.32 Å². The third-order valence-electron chi connectivity index (χ3n) is 3.69. The largest absolute Gasteiger partial charge is 0.382 e. The normalized spacial score (nSPS) is 11.4. The number of nitrogens with one attached hydrogen (secondary N) is 2. The van der Waals surface area contributed by atoms with Gasteiger partial charge in [-0.2, -0.15) is 5.26 Å². The molecule has 0 fully saturated rings. The Morgan fingerprint density at radius 3 is 2.63 bits per heavy atom. The lowest BCUT2D eigenvalue weighted by Gasteiger charge is -2.07. The number of nitrogens with zero attached hydrogens (tertiary/aromatic N) is 1. The summed E-state index contributed by atoms with van der Waals surface area (Å²) in [6.45, 7) is 0.175. The van der Waals surface area contributed by atoms with E-state index in [1.807, 2.05) is 23.6 Å². The molecule has 0 saturated carbocycles. The monoisotopic (exact) mass is 397 g/mol. The maximum absolute atomic E-state index is 12.0. The highest BCUT2D eigenvalue weighted by Crippen LogP contribution is 2.30. The van der Waals surface area contributed by atoms with E-state index in [9.17, 15) is 14.7 Å². The Balaban J connectivity index is 1.56. The fourth-order valence-electron chi connectivity index (χ4n) is 2.34. The second-order valence-electron chi connectivity index (χ2n) is 5.52. The molecule has 8 heteroatoms. The standard InChI is InChI=1S/C19H15N3O3S2/c20-10-12-4-1-2-5-14(12)22-19(25)18(24)21-11-13-7-8-16(27-13)17(23)15-6-3-9-26-15/h1-9,17,23H,11H2,(H,21,24)(H,22,25)/t17-/m1/s1. The molecular weight excluding hydrogens is 382 g/mol. The lowest BCUT2D eigenvalue weighted by molar-refractivity contribution is -0.136. The molecule has 0 aliphatic carbocycles. The van der Waals surface area contributed by atoms with E-state index in [1.165, 1.54) is 22.7 Å². The van der Waals surface area contributed by atoms with Crippen molar-refractivity contribution in [3.05, 3.63) is 74.1 Å². The Bertz CT molecular complexity index is 990. The van der Waals surface area contributed by atoms with Gasteiger partial charge < -0.3 is 15.7 Å². The van der Waals surface area contributed by atoms with Gasteiger partial charge in [0.25, 0.3) is 0 Å². The van der Waals surface area contributed by atoms with Crippen molar-refractivity contribution in [2.45, 2.75) is 12.6 Å². The Morgan fingerprint density at radius 2 is 1.89 bits per heavy atom. The van der Waals surface area contributed by atoms with E-state index in [0.717, 1.165) is 14.6 Å². The molecule has 27 heavy (non-hydrogen) atoms. The van der Waals surface area contributed by atoms with Crippen molar-refractivity contribution in [2.24, 2.45) is 0 Å². The van der Waals surface area contributed by atoms with Gasteiger partial charge in [0.1, 0.15) is 12.2 Å². The molecule has 1 atom stereocenters. The summed E-state index contributed by atoms with van der Waals surface area (Å²) in [5, 5.41) is 26.2. The van der Waals surface area contributed by atoms with Crippen LogP contribution >= 0.6 is 22.7 Å². The summed E-state index contributed by atoms with van der Waals surface area (Å²) in [6, 6.07) is 15.8. The van der Waals surface area contributed by atoms with Gasteiger partial charge in [0, 0.05) is 14.6 Å². The molecule has 0 aliphatic rings. The zero-order valence-electron chi connectivity index (χ0n) is 14.0. The maximum Gasteiger partial charge on any atom is 0.313 e. The lowest BCUT2D eigenvalue weighted by atomic mass is 10.2. The minimum atomic E-state index is -0.840. The van der Waals surface area contributed by atoms with Gasteiger partial charge in [-0.05, 0) is 35.7 Å².